The molecule has 0 unspecified atom stereocenters. The van der Waals surface area contributed by atoms with Crippen molar-refractivity contribution >= 4 is 0 Å². The van der Waals surface area contributed by atoms with Crippen LogP contribution in [0.4, 0.5) is 0 Å². The minimum Gasteiger partial charge on any atom is -0.387 e. The van der Waals surface area contributed by atoms with Crippen molar-refractivity contribution in [3.63, 3.8) is 0 Å². The Morgan fingerprint density at radius 3 is 2.50 bits per heavy atom. The maximum absolute atomic E-state index is 10.0. The molecule has 1 aliphatic rings. The minimum absolute atomic E-state index is 0.349. The smallest absolute Gasteiger partial charge is 0.0922 e. The van der Waals surface area contributed by atoms with E-state index in [1.807, 2.05) is 0 Å². The maximum Gasteiger partial charge on any atom is 0.0922 e. The lowest BCUT2D eigenvalue weighted by Gasteiger charge is -2.49. The highest BCUT2D eigenvalue weighted by molar-refractivity contribution is 4.97. The van der Waals surface area contributed by atoms with Crippen molar-refractivity contribution in [1.82, 2.24) is 4.90 Å². The first-order valence-corrected chi connectivity index (χ1v) is 6.10. The van der Waals surface area contributed by atoms with E-state index in [0.29, 0.717) is 19.1 Å². The summed E-state index contributed by atoms with van der Waals surface area (Å²) >= 11 is 0. The van der Waals surface area contributed by atoms with Gasteiger partial charge in [0.1, 0.15) is 0 Å². The Bertz CT molecular complexity index is 191. The van der Waals surface area contributed by atoms with Gasteiger partial charge in [0.25, 0.3) is 0 Å². The van der Waals surface area contributed by atoms with E-state index >= 15 is 0 Å². The Kier molecular flexibility index (Phi) is 5.69. The highest BCUT2D eigenvalue weighted by atomic mass is 16.5. The predicted molar refractivity (Wildman–Crippen MR) is 63.5 cm³/mol. The average molecular weight is 231 g/mol. The SMILES string of the molecule is COCCOCCCN1CC(O)(C(C)C)C1. The van der Waals surface area contributed by atoms with Crippen LogP contribution in [0.3, 0.4) is 0 Å². The molecular weight excluding hydrogens is 206 g/mol. The molecule has 1 saturated heterocycles. The molecule has 96 valence electrons. The number of methoxy groups -OCH3 is 1. The summed E-state index contributed by atoms with van der Waals surface area (Å²) in [5, 5.41) is 10.0. The lowest BCUT2D eigenvalue weighted by molar-refractivity contribution is -0.128. The summed E-state index contributed by atoms with van der Waals surface area (Å²) in [4.78, 5) is 2.28. The van der Waals surface area contributed by atoms with Gasteiger partial charge in [0.05, 0.1) is 18.8 Å². The van der Waals surface area contributed by atoms with E-state index in [-0.39, 0.29) is 0 Å². The van der Waals surface area contributed by atoms with E-state index < -0.39 is 5.60 Å². The van der Waals surface area contributed by atoms with Crippen molar-refractivity contribution in [3.8, 4) is 0 Å². The largest absolute Gasteiger partial charge is 0.387 e. The summed E-state index contributed by atoms with van der Waals surface area (Å²) in [5.41, 5.74) is -0.448. The van der Waals surface area contributed by atoms with Crippen LogP contribution in [0.2, 0.25) is 0 Å². The van der Waals surface area contributed by atoms with Crippen molar-refractivity contribution in [2.24, 2.45) is 5.92 Å². The second-order valence-electron chi connectivity index (χ2n) is 4.93. The van der Waals surface area contributed by atoms with Crippen molar-refractivity contribution in [2.75, 3.05) is 46.6 Å². The molecular formula is C12H25NO3. The van der Waals surface area contributed by atoms with Crippen LogP contribution in [0, 0.1) is 5.92 Å². The van der Waals surface area contributed by atoms with E-state index in [1.54, 1.807) is 7.11 Å². The standard InChI is InChI=1S/C12H25NO3/c1-11(2)12(14)9-13(10-12)5-4-6-16-8-7-15-3/h11,14H,4-10H2,1-3H3. The number of β-amino-alcohol motifs (C(OH)–C–C–N with tert-alkyl or cyclic N) is 1. The molecule has 1 rings (SSSR count). The third-order valence-electron chi connectivity index (χ3n) is 3.26. The molecule has 4 nitrogen and oxygen atoms in total. The van der Waals surface area contributed by atoms with Crippen molar-refractivity contribution in [1.29, 1.82) is 0 Å². The van der Waals surface area contributed by atoms with Crippen LogP contribution in [0.25, 0.3) is 0 Å². The Morgan fingerprint density at radius 2 is 1.94 bits per heavy atom. The molecule has 0 spiro atoms. The topological polar surface area (TPSA) is 41.9 Å². The molecule has 16 heavy (non-hydrogen) atoms. The fourth-order valence-corrected chi connectivity index (χ4v) is 1.89. The third kappa shape index (κ3) is 4.01. The highest BCUT2D eigenvalue weighted by Gasteiger charge is 2.42. The van der Waals surface area contributed by atoms with Gasteiger partial charge in [-0.2, -0.15) is 0 Å². The quantitative estimate of drug-likeness (QED) is 0.626. The van der Waals surface area contributed by atoms with Gasteiger partial charge in [-0.1, -0.05) is 13.8 Å². The van der Waals surface area contributed by atoms with Crippen molar-refractivity contribution < 1.29 is 14.6 Å². The first-order valence-electron chi connectivity index (χ1n) is 6.10. The first-order chi connectivity index (χ1) is 7.58. The number of hydrogen-bond acceptors (Lipinski definition) is 4. The summed E-state index contributed by atoms with van der Waals surface area (Å²) in [7, 11) is 1.68. The normalized spacial score (nSPS) is 20.1. The van der Waals surface area contributed by atoms with Crippen LogP contribution in [0.5, 0.6) is 0 Å². The van der Waals surface area contributed by atoms with Crippen LogP contribution >= 0.6 is 0 Å². The third-order valence-corrected chi connectivity index (χ3v) is 3.26. The Morgan fingerprint density at radius 1 is 1.25 bits per heavy atom. The fourth-order valence-electron chi connectivity index (χ4n) is 1.89. The van der Waals surface area contributed by atoms with Gasteiger partial charge < -0.3 is 14.6 Å². The molecule has 0 amide bonds. The number of aliphatic hydroxyl groups is 1. The summed E-state index contributed by atoms with van der Waals surface area (Å²) in [6.45, 7) is 8.90. The van der Waals surface area contributed by atoms with Gasteiger partial charge in [-0.3, -0.25) is 4.90 Å². The van der Waals surface area contributed by atoms with E-state index in [4.69, 9.17) is 9.47 Å². The van der Waals surface area contributed by atoms with Crippen LogP contribution in [0.15, 0.2) is 0 Å². The lowest BCUT2D eigenvalue weighted by atomic mass is 9.83. The van der Waals surface area contributed by atoms with Gasteiger partial charge in [-0.05, 0) is 12.3 Å². The number of likely N-dealkylation sites (tertiary alicyclic amines) is 1. The molecule has 0 aromatic heterocycles. The molecule has 4 heteroatoms. The Balaban J connectivity index is 1.93. The van der Waals surface area contributed by atoms with Crippen LogP contribution in [-0.4, -0.2) is 62.2 Å². The molecule has 0 aromatic rings. The van der Waals surface area contributed by atoms with E-state index in [2.05, 4.69) is 18.7 Å². The minimum atomic E-state index is -0.448. The van der Waals surface area contributed by atoms with Gasteiger partial charge >= 0.3 is 0 Å². The molecule has 0 aliphatic carbocycles. The summed E-state index contributed by atoms with van der Waals surface area (Å²) in [6, 6.07) is 0. The maximum atomic E-state index is 10.0. The molecule has 0 saturated carbocycles. The van der Waals surface area contributed by atoms with Crippen LogP contribution in [0.1, 0.15) is 20.3 Å². The summed E-state index contributed by atoms with van der Waals surface area (Å²) < 4.78 is 10.3. The van der Waals surface area contributed by atoms with Crippen molar-refractivity contribution in [3.05, 3.63) is 0 Å². The first kappa shape index (κ1) is 13.9. The lowest BCUT2D eigenvalue weighted by Crippen LogP contribution is -2.64. The zero-order valence-electron chi connectivity index (χ0n) is 10.7. The second-order valence-corrected chi connectivity index (χ2v) is 4.93. The van der Waals surface area contributed by atoms with Crippen LogP contribution < -0.4 is 0 Å². The molecule has 1 aliphatic heterocycles. The molecule has 1 heterocycles. The van der Waals surface area contributed by atoms with E-state index in [9.17, 15) is 5.11 Å². The van der Waals surface area contributed by atoms with Gasteiger partial charge in [0, 0.05) is 33.4 Å². The highest BCUT2D eigenvalue weighted by Crippen LogP contribution is 2.28. The molecule has 0 aromatic carbocycles. The summed E-state index contributed by atoms with van der Waals surface area (Å²) in [6.07, 6.45) is 1.03. The zero-order chi connectivity index (χ0) is 12.0. The second kappa shape index (κ2) is 6.55. The molecule has 0 radical (unpaired) electrons. The number of hydrogen-bond donors (Lipinski definition) is 1. The van der Waals surface area contributed by atoms with Crippen molar-refractivity contribution in [2.45, 2.75) is 25.9 Å². The fraction of sp³-hybridized carbons (Fsp3) is 1.00. The molecule has 0 atom stereocenters. The average Bonchev–Trinajstić information content (AvgIpc) is 2.19. The Labute approximate surface area is 98.5 Å². The number of rotatable bonds is 8. The molecule has 1 fully saturated rings. The van der Waals surface area contributed by atoms with E-state index in [0.717, 1.165) is 32.7 Å². The monoisotopic (exact) mass is 231 g/mol. The number of ether oxygens (including phenoxy) is 2. The molecule has 0 bridgehead atoms. The predicted octanol–water partition coefficient (Wildman–Crippen LogP) is 0.742. The zero-order valence-corrected chi connectivity index (χ0v) is 10.7. The van der Waals surface area contributed by atoms with Gasteiger partial charge in [0.15, 0.2) is 0 Å². The Hall–Kier alpha value is -0.160. The van der Waals surface area contributed by atoms with Gasteiger partial charge in [0.2, 0.25) is 0 Å². The number of nitrogens with zero attached hydrogens (tertiary/aromatic N) is 1. The van der Waals surface area contributed by atoms with Crippen LogP contribution in [-0.2, 0) is 9.47 Å². The van der Waals surface area contributed by atoms with E-state index in [1.165, 1.54) is 0 Å². The van der Waals surface area contributed by atoms with Gasteiger partial charge in [-0.15, -0.1) is 0 Å². The molecule has 1 N–H and O–H groups in total. The summed E-state index contributed by atoms with van der Waals surface area (Å²) in [5.74, 6) is 0.349. The van der Waals surface area contributed by atoms with Gasteiger partial charge in [-0.25, -0.2) is 0 Å².